The molecule has 1 fully saturated rings. The number of pyridine rings is 1. The average Bonchev–Trinajstić information content (AvgIpc) is 3.10. The second-order valence-corrected chi connectivity index (χ2v) is 9.21. The minimum absolute atomic E-state index is 0.243. The van der Waals surface area contributed by atoms with Crippen LogP contribution in [0.25, 0.3) is 22.2 Å². The van der Waals surface area contributed by atoms with Crippen LogP contribution in [-0.2, 0) is 6.54 Å². The minimum atomic E-state index is -2.57. The first-order chi connectivity index (χ1) is 14.7. The number of piperidine rings is 1. The highest BCUT2D eigenvalue weighted by Crippen LogP contribution is 2.38. The molecule has 0 bridgehead atoms. The monoisotopic (exact) mass is 427 g/mol. The molecule has 1 N–H and O–H groups in total. The van der Waals surface area contributed by atoms with E-state index in [1.54, 1.807) is 19.2 Å². The van der Waals surface area contributed by atoms with Gasteiger partial charge in [-0.15, -0.1) is 0 Å². The highest BCUT2D eigenvalue weighted by atomic mass is 19.3. The number of H-pyrrole nitrogens is 1. The van der Waals surface area contributed by atoms with Crippen LogP contribution in [0.1, 0.15) is 55.2 Å². The zero-order chi connectivity index (χ0) is 22.3. The van der Waals surface area contributed by atoms with Crippen molar-refractivity contribution in [2.45, 2.75) is 58.4 Å². The van der Waals surface area contributed by atoms with Gasteiger partial charge in [-0.05, 0) is 81.1 Å². The van der Waals surface area contributed by atoms with E-state index < -0.39 is 13.0 Å². The summed E-state index contributed by atoms with van der Waals surface area (Å²) in [6.07, 6.45) is 1.31. The number of alkyl halides is 2. The maximum atomic E-state index is 13.0. The van der Waals surface area contributed by atoms with Crippen LogP contribution < -0.4 is 5.56 Å². The van der Waals surface area contributed by atoms with Gasteiger partial charge in [-0.2, -0.15) is 0 Å². The smallest absolute Gasteiger partial charge is 0.256 e. The Bertz CT molecular complexity index is 1140. The standard InChI is InChI=1S/C25H31F2N3O/c1-15(2)23-20-12-18(17-7-9-29(4)10-8-17)5-6-21(20)28-24(23)19-11-16(3)25(31)30(13-19)14-22(26)27/h5-6,11-13,15,17,22,28H,7-10,14H2,1-4H3. The lowest BCUT2D eigenvalue weighted by atomic mass is 9.87. The molecule has 0 spiro atoms. The molecule has 1 saturated heterocycles. The Balaban J connectivity index is 1.83. The van der Waals surface area contributed by atoms with Crippen LogP contribution in [0.15, 0.2) is 35.3 Å². The number of fused-ring (bicyclic) bond motifs is 1. The molecular weight excluding hydrogens is 396 g/mol. The molecule has 4 rings (SSSR count). The third kappa shape index (κ3) is 4.31. The number of halogens is 2. The highest BCUT2D eigenvalue weighted by molar-refractivity contribution is 5.92. The number of hydrogen-bond donors (Lipinski definition) is 1. The fraction of sp³-hybridized carbons (Fsp3) is 0.480. The van der Waals surface area contributed by atoms with E-state index in [1.165, 1.54) is 16.5 Å². The quantitative estimate of drug-likeness (QED) is 0.584. The largest absolute Gasteiger partial charge is 0.354 e. The molecule has 1 aliphatic rings. The topological polar surface area (TPSA) is 41.0 Å². The van der Waals surface area contributed by atoms with Gasteiger partial charge in [-0.25, -0.2) is 8.78 Å². The molecule has 0 unspecified atom stereocenters. The highest BCUT2D eigenvalue weighted by Gasteiger charge is 2.22. The van der Waals surface area contributed by atoms with Gasteiger partial charge in [0.1, 0.15) is 0 Å². The first kappa shape index (κ1) is 21.8. The van der Waals surface area contributed by atoms with E-state index in [4.69, 9.17) is 0 Å². The van der Waals surface area contributed by atoms with Gasteiger partial charge in [0.25, 0.3) is 12.0 Å². The molecular formula is C25H31F2N3O. The van der Waals surface area contributed by atoms with Crippen LogP contribution in [0.5, 0.6) is 0 Å². The lowest BCUT2D eigenvalue weighted by Crippen LogP contribution is -2.29. The van der Waals surface area contributed by atoms with E-state index in [1.807, 2.05) is 0 Å². The molecule has 0 radical (unpaired) electrons. The van der Waals surface area contributed by atoms with Crippen LogP contribution in [0.2, 0.25) is 0 Å². The summed E-state index contributed by atoms with van der Waals surface area (Å²) < 4.78 is 27.2. The number of nitrogens with one attached hydrogen (secondary N) is 1. The van der Waals surface area contributed by atoms with Crippen molar-refractivity contribution in [2.24, 2.45) is 0 Å². The van der Waals surface area contributed by atoms with E-state index in [0.29, 0.717) is 11.5 Å². The fourth-order valence-corrected chi connectivity index (χ4v) is 4.86. The van der Waals surface area contributed by atoms with Gasteiger partial charge in [-0.3, -0.25) is 4.79 Å². The molecule has 31 heavy (non-hydrogen) atoms. The molecule has 0 amide bonds. The minimum Gasteiger partial charge on any atom is -0.354 e. The van der Waals surface area contributed by atoms with Crippen molar-refractivity contribution in [1.29, 1.82) is 0 Å². The number of hydrogen-bond acceptors (Lipinski definition) is 2. The Morgan fingerprint density at radius 3 is 2.52 bits per heavy atom. The van der Waals surface area contributed by atoms with Gasteiger partial charge in [0.2, 0.25) is 0 Å². The normalized spacial score (nSPS) is 16.1. The Labute approximate surface area is 181 Å². The number of likely N-dealkylation sites (tertiary alicyclic amines) is 1. The second kappa shape index (κ2) is 8.58. The average molecular weight is 428 g/mol. The van der Waals surface area contributed by atoms with Crippen LogP contribution in [0, 0.1) is 6.92 Å². The Morgan fingerprint density at radius 2 is 1.87 bits per heavy atom. The molecule has 0 aliphatic carbocycles. The first-order valence-corrected chi connectivity index (χ1v) is 11.1. The number of nitrogens with zero attached hydrogens (tertiary/aromatic N) is 2. The Hall–Kier alpha value is -2.47. The van der Waals surface area contributed by atoms with Crippen LogP contribution in [0.3, 0.4) is 0 Å². The summed E-state index contributed by atoms with van der Waals surface area (Å²) in [4.78, 5) is 18.2. The molecule has 0 saturated carbocycles. The van der Waals surface area contributed by atoms with Crippen molar-refractivity contribution in [2.75, 3.05) is 20.1 Å². The van der Waals surface area contributed by atoms with E-state index >= 15 is 0 Å². The van der Waals surface area contributed by atoms with Gasteiger partial charge in [-0.1, -0.05) is 19.9 Å². The third-order valence-corrected chi connectivity index (χ3v) is 6.52. The van der Waals surface area contributed by atoms with E-state index in [0.717, 1.165) is 47.3 Å². The zero-order valence-electron chi connectivity index (χ0n) is 18.7. The van der Waals surface area contributed by atoms with Crippen molar-refractivity contribution in [3.8, 4) is 11.3 Å². The van der Waals surface area contributed by atoms with Gasteiger partial charge < -0.3 is 14.5 Å². The van der Waals surface area contributed by atoms with E-state index in [9.17, 15) is 13.6 Å². The second-order valence-electron chi connectivity index (χ2n) is 9.21. The van der Waals surface area contributed by atoms with Crippen LogP contribution in [-0.4, -0.2) is 41.0 Å². The molecule has 2 aromatic heterocycles. The van der Waals surface area contributed by atoms with Gasteiger partial charge in [0.05, 0.1) is 12.2 Å². The van der Waals surface area contributed by atoms with Crippen molar-refractivity contribution in [1.82, 2.24) is 14.5 Å². The molecule has 1 aromatic carbocycles. The molecule has 1 aliphatic heterocycles. The van der Waals surface area contributed by atoms with Crippen LogP contribution in [0.4, 0.5) is 8.78 Å². The number of aromatic amines is 1. The van der Waals surface area contributed by atoms with Gasteiger partial charge in [0.15, 0.2) is 0 Å². The van der Waals surface area contributed by atoms with E-state index in [-0.39, 0.29) is 11.5 Å². The van der Waals surface area contributed by atoms with Crippen molar-refractivity contribution in [3.05, 3.63) is 57.5 Å². The third-order valence-electron chi connectivity index (χ3n) is 6.52. The van der Waals surface area contributed by atoms with E-state index in [2.05, 4.69) is 49.0 Å². The van der Waals surface area contributed by atoms with Crippen molar-refractivity contribution < 1.29 is 8.78 Å². The SMILES string of the molecule is Cc1cc(-c2[nH]c3ccc(C4CCN(C)CC4)cc3c2C(C)C)cn(CC(F)F)c1=O. The number of benzene rings is 1. The summed E-state index contributed by atoms with van der Waals surface area (Å²) in [7, 11) is 2.17. The van der Waals surface area contributed by atoms with Gasteiger partial charge in [0, 0.05) is 28.2 Å². The van der Waals surface area contributed by atoms with Gasteiger partial charge >= 0.3 is 0 Å². The summed E-state index contributed by atoms with van der Waals surface area (Å²) in [5.74, 6) is 0.807. The molecule has 4 nitrogen and oxygen atoms in total. The Morgan fingerprint density at radius 1 is 1.16 bits per heavy atom. The molecule has 0 atom stereocenters. The van der Waals surface area contributed by atoms with Crippen molar-refractivity contribution in [3.63, 3.8) is 0 Å². The van der Waals surface area contributed by atoms with Crippen LogP contribution >= 0.6 is 0 Å². The number of aryl methyl sites for hydroxylation is 1. The molecule has 3 aromatic rings. The molecule has 6 heteroatoms. The predicted octanol–water partition coefficient (Wildman–Crippen LogP) is 5.50. The zero-order valence-corrected chi connectivity index (χ0v) is 18.7. The number of aromatic nitrogens is 2. The maximum Gasteiger partial charge on any atom is 0.256 e. The summed E-state index contributed by atoms with van der Waals surface area (Å²) in [5, 5.41) is 1.19. The summed E-state index contributed by atoms with van der Waals surface area (Å²) in [6, 6.07) is 8.47. The molecule has 3 heterocycles. The maximum absolute atomic E-state index is 13.0. The number of rotatable bonds is 5. The Kier molecular flexibility index (Phi) is 6.02. The van der Waals surface area contributed by atoms with Crippen molar-refractivity contribution >= 4 is 10.9 Å². The lowest BCUT2D eigenvalue weighted by molar-refractivity contribution is 0.125. The predicted molar refractivity (Wildman–Crippen MR) is 122 cm³/mol. The summed E-state index contributed by atoms with van der Waals surface area (Å²) in [6.45, 7) is 7.62. The lowest BCUT2D eigenvalue weighted by Gasteiger charge is -2.29. The molecule has 166 valence electrons. The summed E-state index contributed by atoms with van der Waals surface area (Å²) in [5.41, 5.74) is 5.38. The fourth-order valence-electron chi connectivity index (χ4n) is 4.86. The first-order valence-electron chi connectivity index (χ1n) is 11.1. The summed E-state index contributed by atoms with van der Waals surface area (Å²) >= 11 is 0.